The SMILES string of the molecule is Cc1cc(C)[c-](C)c1C.Cc1cc(C)[c-](C)c1C.[Cr+2]. The zero-order valence-corrected chi connectivity index (χ0v) is 14.8. The maximum atomic E-state index is 2.24. The van der Waals surface area contributed by atoms with Crippen molar-refractivity contribution in [3.05, 3.63) is 56.6 Å². The van der Waals surface area contributed by atoms with E-state index in [2.05, 4.69) is 67.5 Å². The molecule has 0 fully saturated rings. The van der Waals surface area contributed by atoms with Gasteiger partial charge in [-0.3, -0.25) is 0 Å². The molecule has 0 aromatic heterocycles. The van der Waals surface area contributed by atoms with Crippen LogP contribution in [-0.4, -0.2) is 0 Å². The van der Waals surface area contributed by atoms with Crippen molar-refractivity contribution in [3.8, 4) is 0 Å². The second-order valence-electron chi connectivity index (χ2n) is 5.52. The van der Waals surface area contributed by atoms with E-state index < -0.39 is 0 Å². The molecule has 0 bridgehead atoms. The summed E-state index contributed by atoms with van der Waals surface area (Å²) < 4.78 is 0. The van der Waals surface area contributed by atoms with E-state index in [4.69, 9.17) is 0 Å². The molecule has 0 N–H and O–H groups in total. The molecule has 19 heavy (non-hydrogen) atoms. The van der Waals surface area contributed by atoms with E-state index in [-0.39, 0.29) is 17.4 Å². The van der Waals surface area contributed by atoms with Crippen molar-refractivity contribution in [2.24, 2.45) is 0 Å². The first-order valence-electron chi connectivity index (χ1n) is 6.65. The van der Waals surface area contributed by atoms with Crippen molar-refractivity contribution in [1.29, 1.82) is 0 Å². The molecule has 0 aliphatic rings. The molecular formula is C18H26Cr. The summed E-state index contributed by atoms with van der Waals surface area (Å²) in [6.45, 7) is 17.4. The molecule has 0 radical (unpaired) electrons. The molecule has 2 aromatic carbocycles. The van der Waals surface area contributed by atoms with E-state index in [1.807, 2.05) is 0 Å². The maximum absolute atomic E-state index is 2.24. The molecule has 0 aliphatic heterocycles. The molecule has 0 atom stereocenters. The van der Waals surface area contributed by atoms with E-state index in [0.29, 0.717) is 0 Å². The van der Waals surface area contributed by atoms with Crippen LogP contribution in [-0.2, 0) is 17.4 Å². The summed E-state index contributed by atoms with van der Waals surface area (Å²) in [5.74, 6) is 0. The third kappa shape index (κ3) is 4.10. The van der Waals surface area contributed by atoms with E-state index >= 15 is 0 Å². The topological polar surface area (TPSA) is 0 Å². The van der Waals surface area contributed by atoms with Gasteiger partial charge in [-0.05, 0) is 0 Å². The summed E-state index contributed by atoms with van der Waals surface area (Å²) in [7, 11) is 0. The minimum Gasteiger partial charge on any atom is -0.207 e. The fourth-order valence-electron chi connectivity index (χ4n) is 2.27. The number of aryl methyl sites for hydroxylation is 4. The second kappa shape index (κ2) is 7.13. The Morgan fingerprint density at radius 1 is 0.632 bits per heavy atom. The summed E-state index contributed by atoms with van der Waals surface area (Å²) >= 11 is 0. The minimum absolute atomic E-state index is 0. The molecular weight excluding hydrogens is 268 g/mol. The average molecular weight is 294 g/mol. The maximum Gasteiger partial charge on any atom is 2.00 e. The number of hydrogen-bond acceptors (Lipinski definition) is 0. The predicted molar refractivity (Wildman–Crippen MR) is 82.0 cm³/mol. The molecule has 104 valence electrons. The van der Waals surface area contributed by atoms with Crippen molar-refractivity contribution in [1.82, 2.24) is 0 Å². The molecule has 2 aromatic rings. The third-order valence-electron chi connectivity index (χ3n) is 4.36. The van der Waals surface area contributed by atoms with Crippen LogP contribution in [0.1, 0.15) is 44.5 Å². The van der Waals surface area contributed by atoms with E-state index in [1.54, 1.807) is 0 Å². The molecule has 0 nitrogen and oxygen atoms in total. The van der Waals surface area contributed by atoms with Crippen molar-refractivity contribution < 1.29 is 17.4 Å². The summed E-state index contributed by atoms with van der Waals surface area (Å²) in [6, 6.07) is 4.48. The van der Waals surface area contributed by atoms with Gasteiger partial charge in [0.05, 0.1) is 0 Å². The molecule has 0 saturated carbocycles. The van der Waals surface area contributed by atoms with Gasteiger partial charge in [-0.15, -0.1) is 0 Å². The van der Waals surface area contributed by atoms with Crippen molar-refractivity contribution >= 4 is 0 Å². The van der Waals surface area contributed by atoms with Crippen LogP contribution in [0.4, 0.5) is 0 Å². The Bertz CT molecular complexity index is 443. The average Bonchev–Trinajstić information content (AvgIpc) is 2.66. The van der Waals surface area contributed by atoms with Crippen LogP contribution < -0.4 is 0 Å². The molecule has 1 heteroatoms. The zero-order chi connectivity index (χ0) is 14.0. The van der Waals surface area contributed by atoms with Crippen molar-refractivity contribution in [2.75, 3.05) is 0 Å². The molecule has 0 saturated heterocycles. The first-order chi connectivity index (χ1) is 8.25. The Kier molecular flexibility index (Phi) is 6.84. The van der Waals surface area contributed by atoms with Crippen LogP contribution in [0.25, 0.3) is 0 Å². The summed E-state index contributed by atoms with van der Waals surface area (Å²) in [5, 5.41) is 0. The third-order valence-corrected chi connectivity index (χ3v) is 4.36. The Hall–Kier alpha value is -0.768. The quantitative estimate of drug-likeness (QED) is 0.580. The van der Waals surface area contributed by atoms with Crippen molar-refractivity contribution in [2.45, 2.75) is 55.4 Å². The van der Waals surface area contributed by atoms with Gasteiger partial charge in [-0.1, -0.05) is 55.4 Å². The van der Waals surface area contributed by atoms with E-state index in [0.717, 1.165) is 0 Å². The first kappa shape index (κ1) is 18.2. The normalized spacial score (nSPS) is 9.68. The summed E-state index contributed by atoms with van der Waals surface area (Å²) in [6.07, 6.45) is 0. The Morgan fingerprint density at radius 2 is 0.895 bits per heavy atom. The van der Waals surface area contributed by atoms with E-state index in [9.17, 15) is 0 Å². The molecule has 0 unspecified atom stereocenters. The largest absolute Gasteiger partial charge is 2.00 e. The van der Waals surface area contributed by atoms with Crippen LogP contribution in [0, 0.1) is 55.4 Å². The molecule has 0 amide bonds. The van der Waals surface area contributed by atoms with Gasteiger partial charge in [0, 0.05) is 0 Å². The van der Waals surface area contributed by atoms with Gasteiger partial charge in [0.2, 0.25) is 0 Å². The zero-order valence-electron chi connectivity index (χ0n) is 13.6. The van der Waals surface area contributed by atoms with E-state index in [1.165, 1.54) is 44.5 Å². The van der Waals surface area contributed by atoms with Gasteiger partial charge in [0.25, 0.3) is 0 Å². The molecule has 0 aliphatic carbocycles. The van der Waals surface area contributed by atoms with Gasteiger partial charge in [0.15, 0.2) is 0 Å². The smallest absolute Gasteiger partial charge is 0.207 e. The molecule has 0 heterocycles. The summed E-state index contributed by atoms with van der Waals surface area (Å²) in [5.41, 5.74) is 11.5. The van der Waals surface area contributed by atoms with Crippen LogP contribution in [0.3, 0.4) is 0 Å². The van der Waals surface area contributed by atoms with Gasteiger partial charge < -0.3 is 0 Å². The van der Waals surface area contributed by atoms with Crippen LogP contribution >= 0.6 is 0 Å². The van der Waals surface area contributed by atoms with Gasteiger partial charge in [-0.25, -0.2) is 12.1 Å². The molecule has 2 rings (SSSR count). The van der Waals surface area contributed by atoms with Gasteiger partial charge in [0.1, 0.15) is 0 Å². The van der Waals surface area contributed by atoms with Crippen LogP contribution in [0.15, 0.2) is 12.1 Å². The van der Waals surface area contributed by atoms with Gasteiger partial charge in [-0.2, -0.15) is 44.5 Å². The monoisotopic (exact) mass is 294 g/mol. The van der Waals surface area contributed by atoms with Crippen molar-refractivity contribution in [3.63, 3.8) is 0 Å². The number of hydrogen-bond donors (Lipinski definition) is 0. The Balaban J connectivity index is 0.000000324. The Morgan fingerprint density at radius 3 is 0.947 bits per heavy atom. The van der Waals surface area contributed by atoms with Crippen LogP contribution in [0.2, 0.25) is 0 Å². The summed E-state index contributed by atoms with van der Waals surface area (Å²) in [4.78, 5) is 0. The standard InChI is InChI=1S/2C9H13.Cr/c2*1-6-5-7(2)9(4)8(6)3;/h2*5H,1-4H3;/q2*-1;+2. The fraction of sp³-hybridized carbons (Fsp3) is 0.444. The van der Waals surface area contributed by atoms with Crippen LogP contribution in [0.5, 0.6) is 0 Å². The fourth-order valence-corrected chi connectivity index (χ4v) is 2.27. The van der Waals surface area contributed by atoms with Gasteiger partial charge >= 0.3 is 17.4 Å². The molecule has 0 spiro atoms. The second-order valence-corrected chi connectivity index (χ2v) is 5.52. The Labute approximate surface area is 129 Å². The predicted octanol–water partition coefficient (Wildman–Crippen LogP) is 5.28. The minimum atomic E-state index is 0. The number of rotatable bonds is 0. The first-order valence-corrected chi connectivity index (χ1v) is 6.65.